The first-order valence-corrected chi connectivity index (χ1v) is 9.96. The molecule has 1 heterocycles. The Kier molecular flexibility index (Phi) is 5.20. The Morgan fingerprint density at radius 1 is 1.12 bits per heavy atom. The van der Waals surface area contributed by atoms with Crippen molar-refractivity contribution in [1.29, 1.82) is 0 Å². The van der Waals surface area contributed by atoms with Gasteiger partial charge in [-0.05, 0) is 30.0 Å². The molecule has 1 amide bonds. The molecule has 0 atom stereocenters. The van der Waals surface area contributed by atoms with Gasteiger partial charge in [-0.3, -0.25) is 4.79 Å². The molecule has 0 bridgehead atoms. The lowest BCUT2D eigenvalue weighted by Crippen LogP contribution is -2.42. The van der Waals surface area contributed by atoms with Gasteiger partial charge in [-0.1, -0.05) is 54.1 Å². The maximum absolute atomic E-state index is 12.4. The topological polar surface area (TPSA) is 66.5 Å². The first-order valence-electron chi connectivity index (χ1n) is 8.30. The van der Waals surface area contributed by atoms with Crippen LogP contribution in [-0.2, 0) is 33.5 Å². The largest absolute Gasteiger partial charge is 0.337 e. The molecule has 2 aromatic carbocycles. The zero-order valence-corrected chi connectivity index (χ0v) is 15.1. The van der Waals surface area contributed by atoms with Gasteiger partial charge in [-0.15, -0.1) is 0 Å². The molecule has 1 N–H and O–H groups in total. The highest BCUT2D eigenvalue weighted by molar-refractivity contribution is 7.88. The average Bonchev–Trinajstić information content (AvgIpc) is 2.59. The molecule has 0 unspecified atom stereocenters. The van der Waals surface area contributed by atoms with Crippen LogP contribution in [0.1, 0.15) is 22.3 Å². The van der Waals surface area contributed by atoms with E-state index in [1.807, 2.05) is 43.3 Å². The van der Waals surface area contributed by atoms with Crippen LogP contribution < -0.4 is 4.72 Å². The Morgan fingerprint density at radius 3 is 2.64 bits per heavy atom. The molecule has 0 saturated heterocycles. The number of nitrogens with one attached hydrogen (secondary N) is 1. The predicted molar refractivity (Wildman–Crippen MR) is 97.4 cm³/mol. The first kappa shape index (κ1) is 17.6. The van der Waals surface area contributed by atoms with E-state index in [0.717, 1.165) is 17.5 Å². The molecule has 132 valence electrons. The van der Waals surface area contributed by atoms with Crippen LogP contribution in [0.4, 0.5) is 0 Å². The molecule has 0 spiro atoms. The molecule has 5 nitrogen and oxygen atoms in total. The third-order valence-corrected chi connectivity index (χ3v) is 5.66. The summed E-state index contributed by atoms with van der Waals surface area (Å²) in [5, 5.41) is 0. The SMILES string of the molecule is Cc1cccc(CS(=O)(=O)NCC(=O)N2CCc3ccccc3C2)c1. The Hall–Kier alpha value is -2.18. The Bertz CT molecular complexity index is 878. The molecule has 6 heteroatoms. The number of rotatable bonds is 5. The minimum Gasteiger partial charge on any atom is -0.337 e. The van der Waals surface area contributed by atoms with Gasteiger partial charge in [0.1, 0.15) is 0 Å². The number of amides is 1. The number of nitrogens with zero attached hydrogens (tertiary/aromatic N) is 1. The fourth-order valence-electron chi connectivity index (χ4n) is 3.06. The zero-order chi connectivity index (χ0) is 17.9. The van der Waals surface area contributed by atoms with E-state index >= 15 is 0 Å². The van der Waals surface area contributed by atoms with Crippen LogP contribution in [0.25, 0.3) is 0 Å². The highest BCUT2D eigenvalue weighted by Gasteiger charge is 2.22. The number of carbonyl (C=O) groups excluding carboxylic acids is 1. The maximum atomic E-state index is 12.4. The maximum Gasteiger partial charge on any atom is 0.237 e. The number of hydrogen-bond acceptors (Lipinski definition) is 3. The summed E-state index contributed by atoms with van der Waals surface area (Å²) < 4.78 is 26.9. The Labute approximate surface area is 148 Å². The summed E-state index contributed by atoms with van der Waals surface area (Å²) in [6, 6.07) is 15.4. The minimum absolute atomic E-state index is 0.120. The van der Waals surface area contributed by atoms with Gasteiger partial charge in [-0.25, -0.2) is 13.1 Å². The summed E-state index contributed by atoms with van der Waals surface area (Å²) in [4.78, 5) is 14.1. The van der Waals surface area contributed by atoms with Gasteiger partial charge in [0.25, 0.3) is 0 Å². The van der Waals surface area contributed by atoms with Crippen LogP contribution in [0.5, 0.6) is 0 Å². The molecule has 0 saturated carbocycles. The van der Waals surface area contributed by atoms with Crippen LogP contribution in [0.15, 0.2) is 48.5 Å². The van der Waals surface area contributed by atoms with E-state index < -0.39 is 10.0 Å². The lowest BCUT2D eigenvalue weighted by Gasteiger charge is -2.29. The number of fused-ring (bicyclic) bond motifs is 1. The number of hydrogen-bond donors (Lipinski definition) is 1. The van der Waals surface area contributed by atoms with Crippen LogP contribution in [0.2, 0.25) is 0 Å². The summed E-state index contributed by atoms with van der Waals surface area (Å²) in [6.45, 7) is 2.88. The second kappa shape index (κ2) is 7.37. The van der Waals surface area contributed by atoms with Crippen molar-refractivity contribution in [2.75, 3.05) is 13.1 Å². The van der Waals surface area contributed by atoms with Crippen molar-refractivity contribution in [3.63, 3.8) is 0 Å². The second-order valence-corrected chi connectivity index (χ2v) is 8.21. The molecule has 1 aliphatic heterocycles. The molecule has 25 heavy (non-hydrogen) atoms. The number of carbonyl (C=O) groups is 1. The first-order chi connectivity index (χ1) is 11.9. The lowest BCUT2D eigenvalue weighted by molar-refractivity contribution is -0.130. The quantitative estimate of drug-likeness (QED) is 0.889. The smallest absolute Gasteiger partial charge is 0.237 e. The molecule has 0 aromatic heterocycles. The standard InChI is InChI=1S/C19H22N2O3S/c1-15-5-4-6-16(11-15)14-25(23,24)20-12-19(22)21-10-9-17-7-2-3-8-18(17)13-21/h2-8,11,20H,9-10,12-14H2,1H3. The summed E-state index contributed by atoms with van der Waals surface area (Å²) in [7, 11) is -3.54. The molecule has 0 radical (unpaired) electrons. The van der Waals surface area contributed by atoms with Crippen LogP contribution in [0, 0.1) is 6.92 Å². The van der Waals surface area contributed by atoms with Crippen LogP contribution in [0.3, 0.4) is 0 Å². The third-order valence-electron chi connectivity index (χ3n) is 4.37. The molecule has 1 aliphatic rings. The van der Waals surface area contributed by atoms with Gasteiger partial charge in [-0.2, -0.15) is 0 Å². The fourth-order valence-corrected chi connectivity index (χ4v) is 4.13. The zero-order valence-electron chi connectivity index (χ0n) is 14.2. The number of sulfonamides is 1. The highest BCUT2D eigenvalue weighted by Crippen LogP contribution is 2.18. The van der Waals surface area contributed by atoms with Crippen molar-refractivity contribution in [3.05, 3.63) is 70.8 Å². The molecule has 0 aliphatic carbocycles. The van der Waals surface area contributed by atoms with Crippen LogP contribution >= 0.6 is 0 Å². The van der Waals surface area contributed by atoms with Crippen molar-refractivity contribution in [1.82, 2.24) is 9.62 Å². The van der Waals surface area contributed by atoms with E-state index in [0.29, 0.717) is 18.7 Å². The van der Waals surface area contributed by atoms with Crippen molar-refractivity contribution in [2.24, 2.45) is 0 Å². The number of benzene rings is 2. The molecule has 0 fully saturated rings. The predicted octanol–water partition coefficient (Wildman–Crippen LogP) is 2.00. The molecule has 2 aromatic rings. The normalized spacial score (nSPS) is 14.2. The van der Waals surface area contributed by atoms with Gasteiger partial charge >= 0.3 is 0 Å². The van der Waals surface area contributed by atoms with E-state index in [2.05, 4.69) is 10.8 Å². The van der Waals surface area contributed by atoms with Gasteiger partial charge in [0.15, 0.2) is 0 Å². The Morgan fingerprint density at radius 2 is 1.88 bits per heavy atom. The van der Waals surface area contributed by atoms with Crippen molar-refractivity contribution < 1.29 is 13.2 Å². The van der Waals surface area contributed by atoms with Gasteiger partial charge < -0.3 is 4.90 Å². The van der Waals surface area contributed by atoms with Gasteiger partial charge in [0.05, 0.1) is 12.3 Å². The van der Waals surface area contributed by atoms with Crippen molar-refractivity contribution >= 4 is 15.9 Å². The average molecular weight is 358 g/mol. The van der Waals surface area contributed by atoms with E-state index in [1.54, 1.807) is 11.0 Å². The summed E-state index contributed by atoms with van der Waals surface area (Å²) in [6.07, 6.45) is 0.804. The Balaban J connectivity index is 1.57. The van der Waals surface area contributed by atoms with Gasteiger partial charge in [0.2, 0.25) is 15.9 Å². The van der Waals surface area contributed by atoms with Crippen molar-refractivity contribution in [3.8, 4) is 0 Å². The van der Waals surface area contributed by atoms with E-state index in [9.17, 15) is 13.2 Å². The summed E-state index contributed by atoms with van der Waals surface area (Å²) in [5.41, 5.74) is 4.11. The summed E-state index contributed by atoms with van der Waals surface area (Å²) >= 11 is 0. The molecule has 3 rings (SSSR count). The fraction of sp³-hybridized carbons (Fsp3) is 0.316. The highest BCUT2D eigenvalue weighted by atomic mass is 32.2. The third kappa shape index (κ3) is 4.67. The van der Waals surface area contributed by atoms with E-state index in [1.165, 1.54) is 5.56 Å². The second-order valence-electron chi connectivity index (χ2n) is 6.40. The molecular weight excluding hydrogens is 336 g/mol. The monoisotopic (exact) mass is 358 g/mol. The number of aryl methyl sites for hydroxylation is 1. The van der Waals surface area contributed by atoms with Gasteiger partial charge in [0, 0.05) is 13.1 Å². The minimum atomic E-state index is -3.54. The van der Waals surface area contributed by atoms with E-state index in [4.69, 9.17) is 0 Å². The van der Waals surface area contributed by atoms with Crippen LogP contribution in [-0.4, -0.2) is 32.3 Å². The summed E-state index contributed by atoms with van der Waals surface area (Å²) in [5.74, 6) is -0.313. The van der Waals surface area contributed by atoms with Crippen molar-refractivity contribution in [2.45, 2.75) is 25.6 Å². The van der Waals surface area contributed by atoms with E-state index in [-0.39, 0.29) is 18.2 Å². The molecular formula is C19H22N2O3S. The lowest BCUT2D eigenvalue weighted by atomic mass is 10.00.